The minimum Gasteiger partial charge on any atom is -0.374 e. The van der Waals surface area contributed by atoms with Crippen molar-refractivity contribution in [3.8, 4) is 0 Å². The number of benzene rings is 1. The molecule has 0 saturated heterocycles. The Bertz CT molecular complexity index is 312. The van der Waals surface area contributed by atoms with E-state index < -0.39 is 8.80 Å². The van der Waals surface area contributed by atoms with Gasteiger partial charge in [-0.3, -0.25) is 0 Å². The van der Waals surface area contributed by atoms with Gasteiger partial charge in [-0.1, -0.05) is 30.3 Å². The maximum Gasteiger partial charge on any atom is 0.500 e. The highest BCUT2D eigenvalue weighted by molar-refractivity contribution is 6.60. The van der Waals surface area contributed by atoms with E-state index in [1.165, 1.54) is 5.56 Å². The van der Waals surface area contributed by atoms with Crippen molar-refractivity contribution < 1.29 is 13.3 Å². The van der Waals surface area contributed by atoms with Crippen LogP contribution in [0.4, 0.5) is 0 Å². The number of aryl methyl sites for hydroxylation is 1. The molecule has 0 aliphatic rings. The molecular weight excluding hydrogens is 256 g/mol. The van der Waals surface area contributed by atoms with E-state index in [1.54, 1.807) is 0 Å². The first-order valence-electron chi connectivity index (χ1n) is 7.22. The Labute approximate surface area is 118 Å². The topological polar surface area (TPSA) is 27.7 Å². The highest BCUT2D eigenvalue weighted by Crippen LogP contribution is 2.19. The smallest absolute Gasteiger partial charge is 0.374 e. The van der Waals surface area contributed by atoms with Gasteiger partial charge >= 0.3 is 8.80 Å². The molecule has 0 aliphatic carbocycles. The monoisotopic (exact) mass is 282 g/mol. The summed E-state index contributed by atoms with van der Waals surface area (Å²) in [5.74, 6) is 0. The molecule has 0 aliphatic heterocycles. The minimum atomic E-state index is -2.45. The number of rotatable bonds is 10. The Morgan fingerprint density at radius 3 is 1.84 bits per heavy atom. The fourth-order valence-corrected chi connectivity index (χ4v) is 4.77. The van der Waals surface area contributed by atoms with Crippen LogP contribution in [0, 0.1) is 0 Å². The fraction of sp³-hybridized carbons (Fsp3) is 0.600. The van der Waals surface area contributed by atoms with Crippen LogP contribution < -0.4 is 0 Å². The van der Waals surface area contributed by atoms with Crippen LogP contribution in [0.25, 0.3) is 0 Å². The Balaban J connectivity index is 2.51. The SMILES string of the molecule is CCO[Si](CCCc1ccccc1)(OCC)OCC. The molecule has 0 spiro atoms. The second-order valence-electron chi connectivity index (χ2n) is 4.32. The van der Waals surface area contributed by atoms with Crippen molar-refractivity contribution in [3.63, 3.8) is 0 Å². The average molecular weight is 282 g/mol. The quantitative estimate of drug-likeness (QED) is 0.613. The van der Waals surface area contributed by atoms with Crippen LogP contribution >= 0.6 is 0 Å². The summed E-state index contributed by atoms with van der Waals surface area (Å²) < 4.78 is 17.5. The van der Waals surface area contributed by atoms with Gasteiger partial charge < -0.3 is 13.3 Å². The summed E-state index contributed by atoms with van der Waals surface area (Å²) in [4.78, 5) is 0. The molecule has 0 radical (unpaired) electrons. The molecular formula is C15H26O3Si. The van der Waals surface area contributed by atoms with E-state index in [4.69, 9.17) is 13.3 Å². The molecule has 0 aromatic heterocycles. The van der Waals surface area contributed by atoms with Crippen molar-refractivity contribution in [3.05, 3.63) is 35.9 Å². The first kappa shape index (κ1) is 16.4. The van der Waals surface area contributed by atoms with Crippen molar-refractivity contribution in [2.24, 2.45) is 0 Å². The van der Waals surface area contributed by atoms with Gasteiger partial charge in [0.15, 0.2) is 0 Å². The highest BCUT2D eigenvalue weighted by Gasteiger charge is 2.39. The Hall–Kier alpha value is -0.683. The maximum absolute atomic E-state index is 5.84. The van der Waals surface area contributed by atoms with E-state index in [2.05, 4.69) is 24.3 Å². The zero-order valence-electron chi connectivity index (χ0n) is 12.4. The Morgan fingerprint density at radius 2 is 1.37 bits per heavy atom. The van der Waals surface area contributed by atoms with E-state index in [1.807, 2.05) is 26.8 Å². The van der Waals surface area contributed by atoms with E-state index in [-0.39, 0.29) is 0 Å². The molecule has 1 aromatic carbocycles. The molecule has 4 heteroatoms. The first-order valence-corrected chi connectivity index (χ1v) is 9.15. The van der Waals surface area contributed by atoms with Gasteiger partial charge in [-0.05, 0) is 39.2 Å². The van der Waals surface area contributed by atoms with Gasteiger partial charge in [0.2, 0.25) is 0 Å². The molecule has 0 heterocycles. The predicted octanol–water partition coefficient (Wildman–Crippen LogP) is 3.67. The lowest BCUT2D eigenvalue weighted by Crippen LogP contribution is -2.46. The molecule has 0 N–H and O–H groups in total. The van der Waals surface area contributed by atoms with E-state index >= 15 is 0 Å². The van der Waals surface area contributed by atoms with Gasteiger partial charge in [0.25, 0.3) is 0 Å². The van der Waals surface area contributed by atoms with Crippen molar-refractivity contribution in [2.75, 3.05) is 19.8 Å². The van der Waals surface area contributed by atoms with Gasteiger partial charge in [0.05, 0.1) is 0 Å². The molecule has 0 fully saturated rings. The lowest BCUT2D eigenvalue weighted by Gasteiger charge is -2.28. The zero-order valence-corrected chi connectivity index (χ0v) is 13.4. The molecule has 108 valence electrons. The molecule has 0 unspecified atom stereocenters. The molecule has 0 bridgehead atoms. The van der Waals surface area contributed by atoms with Crippen molar-refractivity contribution in [1.29, 1.82) is 0 Å². The zero-order chi connectivity index (χ0) is 14.0. The van der Waals surface area contributed by atoms with Gasteiger partial charge in [-0.15, -0.1) is 0 Å². The summed E-state index contributed by atoms with van der Waals surface area (Å²) >= 11 is 0. The molecule has 1 aromatic rings. The Morgan fingerprint density at radius 1 is 0.842 bits per heavy atom. The highest BCUT2D eigenvalue weighted by atomic mass is 28.4. The van der Waals surface area contributed by atoms with Crippen molar-refractivity contribution in [2.45, 2.75) is 39.7 Å². The van der Waals surface area contributed by atoms with Gasteiger partial charge in [-0.25, -0.2) is 0 Å². The third kappa shape index (κ3) is 5.87. The molecule has 0 saturated carbocycles. The summed E-state index contributed by atoms with van der Waals surface area (Å²) in [5.41, 5.74) is 1.36. The van der Waals surface area contributed by atoms with Gasteiger partial charge in [-0.2, -0.15) is 0 Å². The van der Waals surface area contributed by atoms with Crippen LogP contribution in [0.15, 0.2) is 30.3 Å². The van der Waals surface area contributed by atoms with Crippen molar-refractivity contribution >= 4 is 8.80 Å². The fourth-order valence-electron chi connectivity index (χ4n) is 2.15. The summed E-state index contributed by atoms with van der Waals surface area (Å²) in [6.45, 7) is 7.94. The van der Waals surface area contributed by atoms with Gasteiger partial charge in [0.1, 0.15) is 0 Å². The van der Waals surface area contributed by atoms with Crippen LogP contribution in [0.1, 0.15) is 32.8 Å². The van der Waals surface area contributed by atoms with E-state index in [9.17, 15) is 0 Å². The molecule has 19 heavy (non-hydrogen) atoms. The second-order valence-corrected chi connectivity index (χ2v) is 7.05. The van der Waals surface area contributed by atoms with Crippen LogP contribution in [-0.4, -0.2) is 28.6 Å². The van der Waals surface area contributed by atoms with Gasteiger partial charge in [0, 0.05) is 25.9 Å². The molecule has 1 rings (SSSR count). The van der Waals surface area contributed by atoms with E-state index in [0.29, 0.717) is 19.8 Å². The summed E-state index contributed by atoms with van der Waals surface area (Å²) in [6, 6.07) is 11.4. The predicted molar refractivity (Wildman–Crippen MR) is 80.2 cm³/mol. The van der Waals surface area contributed by atoms with Crippen LogP contribution in [0.3, 0.4) is 0 Å². The molecule has 0 atom stereocenters. The van der Waals surface area contributed by atoms with Crippen LogP contribution in [-0.2, 0) is 19.7 Å². The molecule has 0 amide bonds. The largest absolute Gasteiger partial charge is 0.500 e. The third-order valence-corrected chi connectivity index (χ3v) is 6.04. The lowest BCUT2D eigenvalue weighted by molar-refractivity contribution is 0.0708. The summed E-state index contributed by atoms with van der Waals surface area (Å²) in [7, 11) is -2.45. The van der Waals surface area contributed by atoms with E-state index in [0.717, 1.165) is 18.9 Å². The first-order chi connectivity index (χ1) is 9.26. The van der Waals surface area contributed by atoms with Crippen LogP contribution in [0.2, 0.25) is 6.04 Å². The lowest BCUT2D eigenvalue weighted by atomic mass is 10.1. The summed E-state index contributed by atoms with van der Waals surface area (Å²) in [6.07, 6.45) is 2.08. The average Bonchev–Trinajstić information content (AvgIpc) is 2.41. The normalized spacial score (nSPS) is 11.7. The third-order valence-electron chi connectivity index (χ3n) is 2.88. The second kappa shape index (κ2) is 9.26. The maximum atomic E-state index is 5.84. The standard InChI is InChI=1S/C15H26O3Si/c1-4-16-19(17-5-2,18-6-3)14-10-13-15-11-8-7-9-12-15/h7-9,11-12H,4-6,10,13-14H2,1-3H3. The summed E-state index contributed by atoms with van der Waals surface area (Å²) in [5, 5.41) is 0. The number of hydrogen-bond acceptors (Lipinski definition) is 3. The Kier molecular flexibility index (Phi) is 7.98. The van der Waals surface area contributed by atoms with Crippen molar-refractivity contribution in [1.82, 2.24) is 0 Å². The molecule has 3 nitrogen and oxygen atoms in total. The minimum absolute atomic E-state index is 0.650. The van der Waals surface area contributed by atoms with Crippen LogP contribution in [0.5, 0.6) is 0 Å². The number of hydrogen-bond donors (Lipinski definition) is 0.